The summed E-state index contributed by atoms with van der Waals surface area (Å²) in [5, 5.41) is 0. The summed E-state index contributed by atoms with van der Waals surface area (Å²) in [6.07, 6.45) is 0.614. The quantitative estimate of drug-likeness (QED) is 0.735. The average molecular weight is 245 g/mol. The maximum absolute atomic E-state index is 11.8. The Morgan fingerprint density at radius 2 is 2.06 bits per heavy atom. The number of thiol groups is 1. The van der Waals surface area contributed by atoms with Crippen LogP contribution in [0.2, 0.25) is 0 Å². The van der Waals surface area contributed by atoms with Crippen molar-refractivity contribution in [2.75, 3.05) is 25.5 Å². The minimum Gasteiger partial charge on any atom is -0.348 e. The fourth-order valence-corrected chi connectivity index (χ4v) is 2.39. The molecule has 0 aromatic rings. The van der Waals surface area contributed by atoms with Crippen molar-refractivity contribution in [3.05, 3.63) is 0 Å². The van der Waals surface area contributed by atoms with Crippen molar-refractivity contribution in [2.24, 2.45) is 5.92 Å². The molecule has 1 unspecified atom stereocenters. The lowest BCUT2D eigenvalue weighted by molar-refractivity contribution is -0.262. The van der Waals surface area contributed by atoms with Gasteiger partial charge in [-0.3, -0.25) is 4.79 Å². The predicted molar refractivity (Wildman–Crippen MR) is 63.4 cm³/mol. The molecule has 2 heterocycles. The van der Waals surface area contributed by atoms with Crippen LogP contribution in [0.1, 0.15) is 20.3 Å². The molecule has 92 valence electrons. The highest BCUT2D eigenvalue weighted by Gasteiger charge is 2.38. The van der Waals surface area contributed by atoms with E-state index in [1.165, 1.54) is 0 Å². The highest BCUT2D eigenvalue weighted by Crippen LogP contribution is 2.25. The van der Waals surface area contributed by atoms with Crippen LogP contribution in [0.5, 0.6) is 0 Å². The zero-order valence-corrected chi connectivity index (χ0v) is 10.7. The molecule has 2 rings (SSSR count). The van der Waals surface area contributed by atoms with E-state index in [0.717, 1.165) is 12.3 Å². The second kappa shape index (κ2) is 4.55. The Balaban J connectivity index is 1.92. The Morgan fingerprint density at radius 3 is 2.56 bits per heavy atom. The molecule has 0 aromatic carbocycles. The Hall–Kier alpha value is -0.260. The van der Waals surface area contributed by atoms with Gasteiger partial charge in [-0.15, -0.1) is 0 Å². The molecule has 4 nitrogen and oxygen atoms in total. The topological polar surface area (TPSA) is 38.8 Å². The standard InChI is InChI=1S/C11H19NO3S/c1-11(2)14-5-9(6-15-11)12-4-8(7-16)3-10(12)13/h8-9,16H,3-7H2,1-2H3. The first-order valence-electron chi connectivity index (χ1n) is 5.70. The molecule has 2 aliphatic heterocycles. The minimum atomic E-state index is -0.512. The summed E-state index contributed by atoms with van der Waals surface area (Å²) in [5.74, 6) is 0.839. The molecule has 0 aliphatic carbocycles. The van der Waals surface area contributed by atoms with Gasteiger partial charge in [-0.05, 0) is 25.5 Å². The number of carbonyl (C=O) groups excluding carboxylic acids is 1. The monoisotopic (exact) mass is 245 g/mol. The van der Waals surface area contributed by atoms with Gasteiger partial charge in [0.2, 0.25) is 5.91 Å². The molecule has 2 fully saturated rings. The fraction of sp³-hybridized carbons (Fsp3) is 0.909. The molecule has 1 atom stereocenters. The van der Waals surface area contributed by atoms with Crippen molar-refractivity contribution < 1.29 is 14.3 Å². The van der Waals surface area contributed by atoms with E-state index in [4.69, 9.17) is 9.47 Å². The number of nitrogens with zero attached hydrogens (tertiary/aromatic N) is 1. The van der Waals surface area contributed by atoms with Gasteiger partial charge >= 0.3 is 0 Å². The van der Waals surface area contributed by atoms with Crippen LogP contribution < -0.4 is 0 Å². The fourth-order valence-electron chi connectivity index (χ4n) is 2.15. The van der Waals surface area contributed by atoms with E-state index in [2.05, 4.69) is 12.6 Å². The van der Waals surface area contributed by atoms with E-state index >= 15 is 0 Å². The van der Waals surface area contributed by atoms with Crippen LogP contribution in [0, 0.1) is 5.92 Å². The third-order valence-corrected chi connectivity index (χ3v) is 3.70. The largest absolute Gasteiger partial charge is 0.348 e. The summed E-state index contributed by atoms with van der Waals surface area (Å²) in [5.41, 5.74) is 0. The average Bonchev–Trinajstić information content (AvgIpc) is 2.60. The summed E-state index contributed by atoms with van der Waals surface area (Å²) in [7, 11) is 0. The van der Waals surface area contributed by atoms with Crippen molar-refractivity contribution in [3.63, 3.8) is 0 Å². The van der Waals surface area contributed by atoms with Gasteiger partial charge in [0.25, 0.3) is 0 Å². The summed E-state index contributed by atoms with van der Waals surface area (Å²) < 4.78 is 11.1. The van der Waals surface area contributed by atoms with Gasteiger partial charge in [-0.25, -0.2) is 0 Å². The molecule has 0 saturated carbocycles. The van der Waals surface area contributed by atoms with Crippen LogP contribution >= 0.6 is 12.6 Å². The number of likely N-dealkylation sites (tertiary alicyclic amines) is 1. The van der Waals surface area contributed by atoms with Crippen LogP contribution in [0.15, 0.2) is 0 Å². The van der Waals surface area contributed by atoms with Crippen molar-refractivity contribution in [2.45, 2.75) is 32.1 Å². The molecule has 0 radical (unpaired) electrons. The van der Waals surface area contributed by atoms with Crippen molar-refractivity contribution in [1.82, 2.24) is 4.90 Å². The van der Waals surface area contributed by atoms with E-state index in [0.29, 0.717) is 25.6 Å². The third-order valence-electron chi connectivity index (χ3n) is 3.18. The summed E-state index contributed by atoms with van der Waals surface area (Å²) in [6.45, 7) is 5.72. The lowest BCUT2D eigenvalue weighted by Gasteiger charge is -2.38. The van der Waals surface area contributed by atoms with Gasteiger partial charge in [-0.2, -0.15) is 12.6 Å². The Kier molecular flexibility index (Phi) is 3.47. The van der Waals surface area contributed by atoms with Crippen LogP contribution in [0.4, 0.5) is 0 Å². The van der Waals surface area contributed by atoms with E-state index in [-0.39, 0.29) is 11.9 Å². The van der Waals surface area contributed by atoms with Gasteiger partial charge < -0.3 is 14.4 Å². The predicted octanol–water partition coefficient (Wildman–Crippen LogP) is 0.916. The number of hydrogen-bond donors (Lipinski definition) is 1. The molecule has 2 aliphatic rings. The highest BCUT2D eigenvalue weighted by molar-refractivity contribution is 7.80. The summed E-state index contributed by atoms with van der Waals surface area (Å²) >= 11 is 4.25. The maximum atomic E-state index is 11.8. The summed E-state index contributed by atoms with van der Waals surface area (Å²) in [4.78, 5) is 13.7. The molecule has 0 spiro atoms. The minimum absolute atomic E-state index is 0.0745. The molecule has 0 N–H and O–H groups in total. The zero-order chi connectivity index (χ0) is 11.8. The molecule has 2 saturated heterocycles. The van der Waals surface area contributed by atoms with E-state index in [1.807, 2.05) is 18.7 Å². The van der Waals surface area contributed by atoms with Gasteiger partial charge in [0.1, 0.15) is 0 Å². The number of amides is 1. The third kappa shape index (κ3) is 2.52. The Bertz CT molecular complexity index is 272. The molecule has 1 amide bonds. The molecule has 5 heteroatoms. The molecular weight excluding hydrogens is 226 g/mol. The van der Waals surface area contributed by atoms with Crippen LogP contribution in [-0.2, 0) is 14.3 Å². The van der Waals surface area contributed by atoms with E-state index in [1.54, 1.807) is 0 Å². The lowest BCUT2D eigenvalue weighted by Crippen LogP contribution is -2.51. The van der Waals surface area contributed by atoms with Crippen molar-refractivity contribution >= 4 is 18.5 Å². The lowest BCUT2D eigenvalue weighted by atomic mass is 10.1. The number of rotatable bonds is 2. The second-order valence-electron chi connectivity index (χ2n) is 4.97. The van der Waals surface area contributed by atoms with E-state index in [9.17, 15) is 4.79 Å². The van der Waals surface area contributed by atoms with Crippen LogP contribution in [-0.4, -0.2) is 48.1 Å². The van der Waals surface area contributed by atoms with Crippen molar-refractivity contribution in [3.8, 4) is 0 Å². The number of ether oxygens (including phenoxy) is 2. The first kappa shape index (κ1) is 12.2. The SMILES string of the molecule is CC1(C)OCC(N2CC(CS)CC2=O)CO1. The summed E-state index contributed by atoms with van der Waals surface area (Å²) in [6, 6.07) is 0.0745. The zero-order valence-electron chi connectivity index (χ0n) is 9.81. The van der Waals surface area contributed by atoms with Gasteiger partial charge in [-0.1, -0.05) is 0 Å². The second-order valence-corrected chi connectivity index (χ2v) is 5.34. The van der Waals surface area contributed by atoms with Crippen molar-refractivity contribution in [1.29, 1.82) is 0 Å². The molecule has 0 aromatic heterocycles. The number of hydrogen-bond acceptors (Lipinski definition) is 4. The van der Waals surface area contributed by atoms with E-state index < -0.39 is 5.79 Å². The number of carbonyl (C=O) groups is 1. The highest BCUT2D eigenvalue weighted by atomic mass is 32.1. The molecule has 0 bridgehead atoms. The van der Waals surface area contributed by atoms with Gasteiger partial charge in [0.15, 0.2) is 5.79 Å². The molecular formula is C11H19NO3S. The van der Waals surface area contributed by atoms with Crippen LogP contribution in [0.25, 0.3) is 0 Å². The smallest absolute Gasteiger partial charge is 0.223 e. The first-order valence-corrected chi connectivity index (χ1v) is 6.33. The maximum Gasteiger partial charge on any atom is 0.223 e. The molecule has 16 heavy (non-hydrogen) atoms. The van der Waals surface area contributed by atoms with Gasteiger partial charge in [0, 0.05) is 13.0 Å². The Morgan fingerprint density at radius 1 is 1.44 bits per heavy atom. The Labute approximate surface area is 102 Å². The van der Waals surface area contributed by atoms with Crippen LogP contribution in [0.3, 0.4) is 0 Å². The van der Waals surface area contributed by atoms with Gasteiger partial charge in [0.05, 0.1) is 19.3 Å². The first-order chi connectivity index (χ1) is 7.52. The normalized spacial score (nSPS) is 31.1.